The predicted molar refractivity (Wildman–Crippen MR) is 92.0 cm³/mol. The molecule has 4 heteroatoms. The normalized spacial score (nSPS) is 13.9. The van der Waals surface area contributed by atoms with Crippen LogP contribution in [0.1, 0.15) is 64.4 Å². The average molecular weight is 319 g/mol. The Bertz CT molecular complexity index is 509. The largest absolute Gasteiger partial charge is 0.454 e. The summed E-state index contributed by atoms with van der Waals surface area (Å²) in [5.41, 5.74) is 1.24. The van der Waals surface area contributed by atoms with Crippen LogP contribution >= 0.6 is 0 Å². The van der Waals surface area contributed by atoms with Crippen molar-refractivity contribution < 1.29 is 14.3 Å². The van der Waals surface area contributed by atoms with E-state index in [4.69, 9.17) is 9.47 Å². The molecule has 0 fully saturated rings. The first-order valence-electron chi connectivity index (χ1n) is 8.86. The summed E-state index contributed by atoms with van der Waals surface area (Å²) in [5.74, 6) is 2.31. The molecule has 0 spiro atoms. The Balaban J connectivity index is 1.95. The van der Waals surface area contributed by atoms with Gasteiger partial charge in [0.2, 0.25) is 12.7 Å². The van der Waals surface area contributed by atoms with Gasteiger partial charge in [-0.05, 0) is 49.3 Å². The number of fused-ring (bicyclic) bond motifs is 1. The molecule has 1 amide bonds. The minimum Gasteiger partial charge on any atom is -0.454 e. The Morgan fingerprint density at radius 1 is 1.13 bits per heavy atom. The number of hydrogen-bond acceptors (Lipinski definition) is 3. The van der Waals surface area contributed by atoms with E-state index < -0.39 is 0 Å². The lowest BCUT2D eigenvalue weighted by molar-refractivity contribution is -0.131. The van der Waals surface area contributed by atoms with Crippen molar-refractivity contribution >= 4 is 5.91 Å². The van der Waals surface area contributed by atoms with E-state index in [-0.39, 0.29) is 5.91 Å². The van der Waals surface area contributed by atoms with Crippen LogP contribution in [0.5, 0.6) is 11.5 Å². The molecule has 1 aliphatic heterocycles. The first kappa shape index (κ1) is 17.6. The maximum absolute atomic E-state index is 12.4. The molecule has 1 unspecified atom stereocenters. The molecule has 2 rings (SSSR count). The van der Waals surface area contributed by atoms with Crippen LogP contribution < -0.4 is 9.47 Å². The van der Waals surface area contributed by atoms with Crippen LogP contribution in [-0.4, -0.2) is 30.7 Å². The molecule has 23 heavy (non-hydrogen) atoms. The Morgan fingerprint density at radius 3 is 2.48 bits per heavy atom. The van der Waals surface area contributed by atoms with Crippen molar-refractivity contribution in [1.29, 1.82) is 0 Å². The molecule has 0 saturated carbocycles. The second-order valence-corrected chi connectivity index (χ2v) is 6.14. The van der Waals surface area contributed by atoms with Gasteiger partial charge in [0.15, 0.2) is 11.5 Å². The van der Waals surface area contributed by atoms with Gasteiger partial charge in [-0.1, -0.05) is 26.8 Å². The van der Waals surface area contributed by atoms with E-state index in [9.17, 15) is 4.79 Å². The van der Waals surface area contributed by atoms with Gasteiger partial charge in [-0.2, -0.15) is 0 Å². The van der Waals surface area contributed by atoms with Gasteiger partial charge < -0.3 is 14.4 Å². The molecule has 1 aromatic rings. The van der Waals surface area contributed by atoms with Crippen molar-refractivity contribution in [2.24, 2.45) is 0 Å². The summed E-state index contributed by atoms with van der Waals surface area (Å²) < 4.78 is 10.8. The van der Waals surface area contributed by atoms with Crippen LogP contribution in [0.3, 0.4) is 0 Å². The Hall–Kier alpha value is -1.71. The fraction of sp³-hybridized carbons (Fsp3) is 0.632. The lowest BCUT2D eigenvalue weighted by Crippen LogP contribution is -2.32. The van der Waals surface area contributed by atoms with Crippen molar-refractivity contribution in [3.8, 4) is 11.5 Å². The Labute approximate surface area is 139 Å². The molecule has 0 N–H and O–H groups in total. The van der Waals surface area contributed by atoms with E-state index in [2.05, 4.69) is 32.9 Å². The molecular formula is C19H29NO3. The molecule has 128 valence electrons. The lowest BCUT2D eigenvalue weighted by Gasteiger charge is -2.23. The summed E-state index contributed by atoms with van der Waals surface area (Å²) in [5, 5.41) is 0. The van der Waals surface area contributed by atoms with E-state index in [1.165, 1.54) is 5.56 Å². The van der Waals surface area contributed by atoms with Gasteiger partial charge in [-0.3, -0.25) is 4.79 Å². The summed E-state index contributed by atoms with van der Waals surface area (Å²) in [4.78, 5) is 14.4. The van der Waals surface area contributed by atoms with Gasteiger partial charge >= 0.3 is 0 Å². The number of nitrogens with zero attached hydrogens (tertiary/aromatic N) is 1. The topological polar surface area (TPSA) is 38.8 Å². The molecule has 0 aromatic heterocycles. The van der Waals surface area contributed by atoms with Crippen molar-refractivity contribution in [2.75, 3.05) is 19.9 Å². The number of amides is 1. The van der Waals surface area contributed by atoms with Crippen molar-refractivity contribution in [3.63, 3.8) is 0 Å². The second-order valence-electron chi connectivity index (χ2n) is 6.14. The van der Waals surface area contributed by atoms with E-state index in [1.807, 2.05) is 11.0 Å². The third-order valence-electron chi connectivity index (χ3n) is 4.41. The molecular weight excluding hydrogens is 290 g/mol. The number of ether oxygens (including phenoxy) is 2. The summed E-state index contributed by atoms with van der Waals surface area (Å²) >= 11 is 0. The molecule has 1 heterocycles. The molecule has 1 aliphatic rings. The van der Waals surface area contributed by atoms with Gasteiger partial charge in [-0.15, -0.1) is 0 Å². The smallest absolute Gasteiger partial charge is 0.231 e. The maximum atomic E-state index is 12.4. The van der Waals surface area contributed by atoms with E-state index >= 15 is 0 Å². The third-order valence-corrected chi connectivity index (χ3v) is 4.41. The van der Waals surface area contributed by atoms with Crippen LogP contribution in [-0.2, 0) is 4.79 Å². The zero-order valence-electron chi connectivity index (χ0n) is 14.6. The van der Waals surface area contributed by atoms with Crippen molar-refractivity contribution in [1.82, 2.24) is 4.90 Å². The molecule has 4 nitrogen and oxygen atoms in total. The first-order valence-corrected chi connectivity index (χ1v) is 8.86. The van der Waals surface area contributed by atoms with Gasteiger partial charge in [0.05, 0.1) is 0 Å². The summed E-state index contributed by atoms with van der Waals surface area (Å²) in [6.07, 6.45) is 4.57. The highest BCUT2D eigenvalue weighted by molar-refractivity contribution is 5.76. The fourth-order valence-electron chi connectivity index (χ4n) is 3.13. The highest BCUT2D eigenvalue weighted by Gasteiger charge is 2.19. The van der Waals surface area contributed by atoms with Crippen LogP contribution in [0, 0.1) is 0 Å². The minimum atomic E-state index is 0.285. The minimum absolute atomic E-state index is 0.285. The first-order chi connectivity index (χ1) is 11.2. The standard InChI is InChI=1S/C19H29NO3/c1-4-11-20(12-5-2)19(21)10-8-15(6-3)16-7-9-17-18(13-16)23-14-22-17/h7,9,13,15H,4-6,8,10-12,14H2,1-3H3. The molecule has 1 atom stereocenters. The molecule has 1 aromatic carbocycles. The Morgan fingerprint density at radius 2 is 1.83 bits per heavy atom. The quantitative estimate of drug-likeness (QED) is 0.679. The summed E-state index contributed by atoms with van der Waals surface area (Å²) in [6.45, 7) is 8.46. The van der Waals surface area contributed by atoms with Gasteiger partial charge in [0.1, 0.15) is 0 Å². The van der Waals surface area contributed by atoms with Crippen molar-refractivity contribution in [3.05, 3.63) is 23.8 Å². The van der Waals surface area contributed by atoms with E-state index in [0.29, 0.717) is 19.1 Å². The molecule has 0 aliphatic carbocycles. The predicted octanol–water partition coefficient (Wildman–Crippen LogP) is 4.34. The Kier molecular flexibility index (Phi) is 6.75. The SMILES string of the molecule is CCCN(CCC)C(=O)CCC(CC)c1ccc2c(c1)OCO2. The summed E-state index contributed by atoms with van der Waals surface area (Å²) in [6, 6.07) is 6.14. The van der Waals surface area contributed by atoms with E-state index in [0.717, 1.165) is 50.3 Å². The van der Waals surface area contributed by atoms with Crippen LogP contribution in [0.2, 0.25) is 0 Å². The lowest BCUT2D eigenvalue weighted by atomic mass is 9.91. The van der Waals surface area contributed by atoms with Gasteiger partial charge in [0.25, 0.3) is 0 Å². The average Bonchev–Trinajstić information content (AvgIpc) is 3.02. The van der Waals surface area contributed by atoms with Crippen molar-refractivity contribution in [2.45, 2.75) is 58.8 Å². The highest BCUT2D eigenvalue weighted by atomic mass is 16.7. The van der Waals surface area contributed by atoms with Crippen LogP contribution in [0.15, 0.2) is 18.2 Å². The summed E-state index contributed by atoms with van der Waals surface area (Å²) in [7, 11) is 0. The fourth-order valence-corrected chi connectivity index (χ4v) is 3.13. The maximum Gasteiger partial charge on any atom is 0.231 e. The third kappa shape index (κ3) is 4.63. The zero-order chi connectivity index (χ0) is 16.7. The second kappa shape index (κ2) is 8.80. The number of benzene rings is 1. The molecule has 0 bridgehead atoms. The number of hydrogen-bond donors (Lipinski definition) is 0. The molecule has 0 saturated heterocycles. The number of rotatable bonds is 9. The molecule has 0 radical (unpaired) electrons. The highest BCUT2D eigenvalue weighted by Crippen LogP contribution is 2.36. The van der Waals surface area contributed by atoms with Gasteiger partial charge in [-0.25, -0.2) is 0 Å². The van der Waals surface area contributed by atoms with Crippen LogP contribution in [0.4, 0.5) is 0 Å². The van der Waals surface area contributed by atoms with E-state index in [1.54, 1.807) is 0 Å². The number of carbonyl (C=O) groups is 1. The zero-order valence-corrected chi connectivity index (χ0v) is 14.6. The monoisotopic (exact) mass is 319 g/mol. The van der Waals surface area contributed by atoms with Crippen LogP contribution in [0.25, 0.3) is 0 Å². The van der Waals surface area contributed by atoms with Gasteiger partial charge in [0, 0.05) is 19.5 Å². The number of carbonyl (C=O) groups excluding carboxylic acids is 1.